The maximum Gasteiger partial charge on any atom is 0.276 e. The van der Waals surface area contributed by atoms with Crippen molar-refractivity contribution < 1.29 is 19.9 Å². The molecule has 20 heavy (non-hydrogen) atoms. The lowest BCUT2D eigenvalue weighted by Crippen LogP contribution is -1.99. The van der Waals surface area contributed by atoms with E-state index in [1.807, 2.05) is 18.3 Å². The molecule has 0 saturated carbocycles. The number of nitrogens with zero attached hydrogens (tertiary/aromatic N) is 2. The molecule has 104 valence electrons. The van der Waals surface area contributed by atoms with Gasteiger partial charge in [0.15, 0.2) is 12.4 Å². The molecule has 1 aromatic carbocycles. The second-order valence-corrected chi connectivity index (χ2v) is 3.50. The average molecular weight is 278 g/mol. The highest BCUT2D eigenvalue weighted by Crippen LogP contribution is 2.27. The Labute approximate surface area is 112 Å². The van der Waals surface area contributed by atoms with Crippen LogP contribution < -0.4 is 15.8 Å². The van der Waals surface area contributed by atoms with Crippen molar-refractivity contribution in [2.24, 2.45) is 0 Å². The first kappa shape index (κ1) is 14.8. The molecule has 0 amide bonds. The van der Waals surface area contributed by atoms with E-state index in [4.69, 9.17) is 5.73 Å². The second kappa shape index (κ2) is 6.64. The van der Waals surface area contributed by atoms with Crippen molar-refractivity contribution in [1.82, 2.24) is 0 Å². The molecule has 9 heteroatoms. The lowest BCUT2D eigenvalue weighted by molar-refractivity contribution is -0.403. The van der Waals surface area contributed by atoms with Crippen molar-refractivity contribution in [2.75, 3.05) is 5.73 Å². The fourth-order valence-electron chi connectivity index (χ4n) is 1.17. The van der Waals surface area contributed by atoms with Gasteiger partial charge in [0.2, 0.25) is 0 Å². The van der Waals surface area contributed by atoms with E-state index in [0.29, 0.717) is 6.07 Å². The molecule has 0 aliphatic rings. The zero-order valence-electron chi connectivity index (χ0n) is 10.1. The summed E-state index contributed by atoms with van der Waals surface area (Å²) in [6.45, 7) is 0. The molecule has 9 nitrogen and oxygen atoms in total. The van der Waals surface area contributed by atoms with Crippen LogP contribution in [0.25, 0.3) is 0 Å². The number of H-pyrrole nitrogens is 1. The summed E-state index contributed by atoms with van der Waals surface area (Å²) in [5, 5.41) is 31.1. The largest absolute Gasteiger partial charge is 0.868 e. The van der Waals surface area contributed by atoms with Gasteiger partial charge in [-0.3, -0.25) is 20.2 Å². The molecule has 0 aliphatic heterocycles. The van der Waals surface area contributed by atoms with E-state index in [9.17, 15) is 25.3 Å². The van der Waals surface area contributed by atoms with Gasteiger partial charge in [-0.05, 0) is 11.8 Å². The van der Waals surface area contributed by atoms with Gasteiger partial charge in [-0.2, -0.15) is 0 Å². The number of non-ortho nitro benzene ring substituents is 1. The summed E-state index contributed by atoms with van der Waals surface area (Å²) in [6, 6.07) is 6.06. The van der Waals surface area contributed by atoms with Gasteiger partial charge in [-0.25, -0.2) is 4.98 Å². The molecule has 1 aromatic heterocycles. The van der Waals surface area contributed by atoms with Gasteiger partial charge in [0.1, 0.15) is 0 Å². The molecule has 0 unspecified atom stereocenters. The van der Waals surface area contributed by atoms with Gasteiger partial charge in [0.25, 0.3) is 11.4 Å². The molecule has 3 N–H and O–H groups in total. The van der Waals surface area contributed by atoms with Crippen LogP contribution >= 0.6 is 0 Å². The Morgan fingerprint density at radius 1 is 1.10 bits per heavy atom. The average Bonchev–Trinajstić information content (AvgIpc) is 2.40. The SMILES string of the molecule is Nc1ccc[nH+]c1.O=[N+]([O-])c1ccc([O-])c([N+](=O)[O-])c1. The summed E-state index contributed by atoms with van der Waals surface area (Å²) in [7, 11) is 0. The molecule has 0 fully saturated rings. The minimum absolute atomic E-state index is 0.466. The van der Waals surface area contributed by atoms with E-state index in [1.165, 1.54) is 0 Å². The Morgan fingerprint density at radius 2 is 1.80 bits per heavy atom. The molecule has 0 radical (unpaired) electrons. The van der Waals surface area contributed by atoms with E-state index in [2.05, 4.69) is 4.98 Å². The third kappa shape index (κ3) is 4.22. The zero-order valence-corrected chi connectivity index (χ0v) is 10.1. The van der Waals surface area contributed by atoms with Gasteiger partial charge in [0.05, 0.1) is 21.6 Å². The Balaban J connectivity index is 0.000000240. The number of aromatic nitrogens is 1. The smallest absolute Gasteiger partial charge is 0.276 e. The van der Waals surface area contributed by atoms with Gasteiger partial charge in [-0.1, -0.05) is 6.07 Å². The van der Waals surface area contributed by atoms with Crippen LogP contribution in [0, 0.1) is 20.2 Å². The number of pyridine rings is 1. The lowest BCUT2D eigenvalue weighted by atomic mass is 10.2. The number of nitro groups is 2. The predicted molar refractivity (Wildman–Crippen MR) is 66.6 cm³/mol. The third-order valence-corrected chi connectivity index (χ3v) is 2.08. The fourth-order valence-corrected chi connectivity index (χ4v) is 1.17. The third-order valence-electron chi connectivity index (χ3n) is 2.08. The first-order chi connectivity index (χ1) is 9.41. The van der Waals surface area contributed by atoms with Crippen LogP contribution in [0.3, 0.4) is 0 Å². The minimum Gasteiger partial charge on any atom is -0.868 e. The van der Waals surface area contributed by atoms with Crippen LogP contribution in [0.5, 0.6) is 5.75 Å². The van der Waals surface area contributed by atoms with Crippen LogP contribution in [-0.2, 0) is 0 Å². The van der Waals surface area contributed by atoms with Crippen molar-refractivity contribution in [3.63, 3.8) is 0 Å². The number of hydrogen-bond donors (Lipinski definition) is 1. The molecular formula is C11H10N4O5. The number of nitrogen functional groups attached to an aromatic ring is 1. The zero-order chi connectivity index (χ0) is 15.1. The van der Waals surface area contributed by atoms with Gasteiger partial charge < -0.3 is 10.8 Å². The number of hydrogen-bond acceptors (Lipinski definition) is 6. The number of nitrogens with one attached hydrogen (secondary N) is 1. The number of nitro benzene ring substituents is 2. The molecule has 0 bridgehead atoms. The molecule has 0 spiro atoms. The highest BCUT2D eigenvalue weighted by Gasteiger charge is 2.13. The predicted octanol–water partition coefficient (Wildman–Crippen LogP) is 0.660. The Bertz CT molecular complexity index is 617. The first-order valence-electron chi connectivity index (χ1n) is 5.23. The Morgan fingerprint density at radius 3 is 2.20 bits per heavy atom. The lowest BCUT2D eigenvalue weighted by Gasteiger charge is -2.03. The summed E-state index contributed by atoms with van der Waals surface area (Å²) < 4.78 is 0. The topological polar surface area (TPSA) is 150 Å². The van der Waals surface area contributed by atoms with Crippen LogP contribution in [0.2, 0.25) is 0 Å². The van der Waals surface area contributed by atoms with Crippen LogP contribution in [0.1, 0.15) is 0 Å². The number of anilines is 1. The summed E-state index contributed by atoms with van der Waals surface area (Å²) >= 11 is 0. The highest BCUT2D eigenvalue weighted by molar-refractivity contribution is 5.51. The summed E-state index contributed by atoms with van der Waals surface area (Å²) in [6.07, 6.45) is 3.55. The maximum absolute atomic E-state index is 10.8. The summed E-state index contributed by atoms with van der Waals surface area (Å²) in [5.41, 5.74) is 4.84. The second-order valence-electron chi connectivity index (χ2n) is 3.50. The van der Waals surface area contributed by atoms with Gasteiger partial charge >= 0.3 is 0 Å². The van der Waals surface area contributed by atoms with Gasteiger partial charge in [0, 0.05) is 12.1 Å². The fraction of sp³-hybridized carbons (Fsp3) is 0. The standard InChI is InChI=1S/C6H4N2O5.C5H6N2/c9-6-2-1-4(7(10)11)3-5(6)8(12)13;6-5-2-1-3-7-4-5/h1-3,9H;1-4H,6H2. The normalized spacial score (nSPS) is 9.20. The Hall–Kier alpha value is -3.23. The van der Waals surface area contributed by atoms with Crippen LogP contribution in [0.4, 0.5) is 17.1 Å². The van der Waals surface area contributed by atoms with E-state index in [-0.39, 0.29) is 0 Å². The molecule has 1 heterocycles. The van der Waals surface area contributed by atoms with Crippen molar-refractivity contribution in [2.45, 2.75) is 0 Å². The van der Waals surface area contributed by atoms with E-state index >= 15 is 0 Å². The number of benzene rings is 1. The monoisotopic (exact) mass is 278 g/mol. The first-order valence-corrected chi connectivity index (χ1v) is 5.23. The van der Waals surface area contributed by atoms with Crippen LogP contribution in [0.15, 0.2) is 42.7 Å². The molecule has 0 atom stereocenters. The molecule has 2 rings (SSSR count). The molecular weight excluding hydrogens is 268 g/mol. The van der Waals surface area contributed by atoms with Crippen molar-refractivity contribution in [1.29, 1.82) is 0 Å². The van der Waals surface area contributed by atoms with Crippen molar-refractivity contribution >= 4 is 17.1 Å². The van der Waals surface area contributed by atoms with E-state index in [1.54, 1.807) is 6.20 Å². The highest BCUT2D eigenvalue weighted by atomic mass is 16.6. The number of aromatic amines is 1. The van der Waals surface area contributed by atoms with Crippen LogP contribution in [-0.4, -0.2) is 9.85 Å². The summed E-state index contributed by atoms with van der Waals surface area (Å²) in [4.78, 5) is 21.4. The quantitative estimate of drug-likeness (QED) is 0.629. The molecule has 0 saturated heterocycles. The minimum atomic E-state index is -0.949. The van der Waals surface area contributed by atoms with Gasteiger partial charge in [-0.15, -0.1) is 0 Å². The van der Waals surface area contributed by atoms with Crippen molar-refractivity contribution in [3.8, 4) is 5.75 Å². The summed E-state index contributed by atoms with van der Waals surface area (Å²) in [5.74, 6) is -0.837. The van der Waals surface area contributed by atoms with E-state index < -0.39 is 27.0 Å². The van der Waals surface area contributed by atoms with E-state index in [0.717, 1.165) is 17.8 Å². The number of nitrogens with two attached hydrogens (primary N) is 1. The van der Waals surface area contributed by atoms with Crippen molar-refractivity contribution in [3.05, 3.63) is 63.0 Å². The molecule has 2 aromatic rings. The number of rotatable bonds is 2. The maximum atomic E-state index is 10.8. The molecule has 0 aliphatic carbocycles. The Kier molecular flexibility index (Phi) is 4.92.